The molecule has 0 atom stereocenters. The normalized spacial score (nSPS) is 10.2. The minimum absolute atomic E-state index is 0.0867. The third-order valence-electron chi connectivity index (χ3n) is 2.48. The van der Waals surface area contributed by atoms with Gasteiger partial charge in [0.05, 0.1) is 19.8 Å². The molecule has 17 heavy (non-hydrogen) atoms. The van der Waals surface area contributed by atoms with Crippen LogP contribution in [-0.4, -0.2) is 12.9 Å². The number of benzene rings is 1. The molecule has 88 valence electrons. The molecule has 1 aromatic heterocycles. The fourth-order valence-electron chi connectivity index (χ4n) is 1.57. The first-order valence-electron chi connectivity index (χ1n) is 5.20. The molecule has 0 amide bonds. The van der Waals surface area contributed by atoms with Crippen molar-refractivity contribution in [1.82, 2.24) is 0 Å². The average Bonchev–Trinajstić information content (AvgIpc) is 2.82. The smallest absolute Gasteiger partial charge is 0.172 e. The lowest BCUT2D eigenvalue weighted by Crippen LogP contribution is -2.06. The van der Waals surface area contributed by atoms with E-state index >= 15 is 0 Å². The zero-order valence-electron chi connectivity index (χ0n) is 9.47. The lowest BCUT2D eigenvalue weighted by molar-refractivity contribution is 0.0987. The van der Waals surface area contributed by atoms with Gasteiger partial charge in [0.1, 0.15) is 11.5 Å². The van der Waals surface area contributed by atoms with Crippen LogP contribution in [0.25, 0.3) is 0 Å². The van der Waals surface area contributed by atoms with E-state index in [4.69, 9.17) is 14.9 Å². The predicted molar refractivity (Wildman–Crippen MR) is 64.1 cm³/mol. The number of ether oxygens (including phenoxy) is 1. The molecular formula is C13H13NO3. The number of rotatable bonds is 4. The molecule has 0 saturated carbocycles. The summed E-state index contributed by atoms with van der Waals surface area (Å²) < 4.78 is 10.2. The zero-order valence-corrected chi connectivity index (χ0v) is 9.47. The number of carbonyl (C=O) groups excluding carboxylic acids is 1. The van der Waals surface area contributed by atoms with Crippen LogP contribution in [-0.2, 0) is 6.42 Å². The van der Waals surface area contributed by atoms with Gasteiger partial charge < -0.3 is 14.9 Å². The highest BCUT2D eigenvalue weighted by molar-refractivity contribution is 6.02. The fourth-order valence-corrected chi connectivity index (χ4v) is 1.57. The van der Waals surface area contributed by atoms with Crippen LogP contribution >= 0.6 is 0 Å². The molecule has 0 radical (unpaired) electrons. The number of nitrogen functional groups attached to an aromatic ring is 1. The number of anilines is 1. The van der Waals surface area contributed by atoms with Gasteiger partial charge >= 0.3 is 0 Å². The molecule has 0 fully saturated rings. The van der Waals surface area contributed by atoms with E-state index < -0.39 is 0 Å². The Labute approximate surface area is 99.0 Å². The molecule has 1 aromatic carbocycles. The summed E-state index contributed by atoms with van der Waals surface area (Å²) >= 11 is 0. The van der Waals surface area contributed by atoms with E-state index in [1.165, 1.54) is 6.26 Å². The van der Waals surface area contributed by atoms with Crippen LogP contribution in [0.4, 0.5) is 5.69 Å². The predicted octanol–water partition coefficient (Wildman–Crippen LogP) is 2.30. The average molecular weight is 231 g/mol. The van der Waals surface area contributed by atoms with E-state index in [0.717, 1.165) is 0 Å². The summed E-state index contributed by atoms with van der Waals surface area (Å²) in [5.74, 6) is 1.15. The van der Waals surface area contributed by atoms with Crippen LogP contribution in [0, 0.1) is 0 Å². The van der Waals surface area contributed by atoms with Crippen LogP contribution in [0.2, 0.25) is 0 Å². The molecule has 2 N–H and O–H groups in total. The van der Waals surface area contributed by atoms with Crippen molar-refractivity contribution in [3.05, 3.63) is 47.9 Å². The van der Waals surface area contributed by atoms with Crippen molar-refractivity contribution in [2.24, 2.45) is 0 Å². The summed E-state index contributed by atoms with van der Waals surface area (Å²) in [5, 5.41) is 0. The molecule has 0 aliphatic rings. The number of hydrogen-bond acceptors (Lipinski definition) is 4. The van der Waals surface area contributed by atoms with E-state index in [2.05, 4.69) is 0 Å². The molecule has 0 bridgehead atoms. The maximum atomic E-state index is 12.0. The highest BCUT2D eigenvalue weighted by atomic mass is 16.5. The largest absolute Gasteiger partial charge is 0.497 e. The van der Waals surface area contributed by atoms with E-state index in [0.29, 0.717) is 22.8 Å². The lowest BCUT2D eigenvalue weighted by Gasteiger charge is -2.06. The van der Waals surface area contributed by atoms with Crippen molar-refractivity contribution < 1.29 is 13.9 Å². The van der Waals surface area contributed by atoms with Crippen LogP contribution in [0.15, 0.2) is 41.0 Å². The first kappa shape index (κ1) is 11.3. The van der Waals surface area contributed by atoms with Crippen LogP contribution in [0.3, 0.4) is 0 Å². The summed E-state index contributed by atoms with van der Waals surface area (Å²) in [5.41, 5.74) is 6.67. The van der Waals surface area contributed by atoms with Gasteiger partial charge in [0.2, 0.25) is 0 Å². The number of carbonyl (C=O) groups is 1. The first-order valence-corrected chi connectivity index (χ1v) is 5.20. The molecule has 0 aliphatic heterocycles. The molecule has 0 spiro atoms. The van der Waals surface area contributed by atoms with Crippen molar-refractivity contribution in [1.29, 1.82) is 0 Å². The summed E-state index contributed by atoms with van der Waals surface area (Å²) in [4.78, 5) is 12.0. The maximum Gasteiger partial charge on any atom is 0.172 e. The Balaban J connectivity index is 2.24. The number of furan rings is 1. The van der Waals surface area contributed by atoms with Gasteiger partial charge in [0.25, 0.3) is 0 Å². The standard InChI is InChI=1S/C13H13NO3/c1-16-9-4-5-12(14)11(7-9)13(15)8-10-3-2-6-17-10/h2-7H,8,14H2,1H3. The Kier molecular flexibility index (Phi) is 3.14. The quantitative estimate of drug-likeness (QED) is 0.647. The Bertz CT molecular complexity index is 517. The van der Waals surface area contributed by atoms with Crippen molar-refractivity contribution in [2.75, 3.05) is 12.8 Å². The van der Waals surface area contributed by atoms with Crippen LogP contribution in [0.5, 0.6) is 5.75 Å². The molecule has 0 saturated heterocycles. The third-order valence-corrected chi connectivity index (χ3v) is 2.48. The van der Waals surface area contributed by atoms with Gasteiger partial charge in [-0.3, -0.25) is 4.79 Å². The van der Waals surface area contributed by atoms with Crippen molar-refractivity contribution in [2.45, 2.75) is 6.42 Å². The highest BCUT2D eigenvalue weighted by Gasteiger charge is 2.13. The van der Waals surface area contributed by atoms with Gasteiger partial charge in [-0.1, -0.05) is 0 Å². The van der Waals surface area contributed by atoms with E-state index in [9.17, 15) is 4.79 Å². The van der Waals surface area contributed by atoms with Crippen molar-refractivity contribution in [3.63, 3.8) is 0 Å². The molecule has 4 nitrogen and oxygen atoms in total. The molecule has 4 heteroatoms. The summed E-state index contributed by atoms with van der Waals surface area (Å²) in [6.45, 7) is 0. The molecular weight excluding hydrogens is 218 g/mol. The maximum absolute atomic E-state index is 12.0. The fraction of sp³-hybridized carbons (Fsp3) is 0.154. The van der Waals surface area contributed by atoms with Crippen molar-refractivity contribution >= 4 is 11.5 Å². The Hall–Kier alpha value is -2.23. The Morgan fingerprint density at radius 1 is 1.41 bits per heavy atom. The van der Waals surface area contributed by atoms with Gasteiger partial charge in [0.15, 0.2) is 5.78 Å². The first-order chi connectivity index (χ1) is 8.20. The number of methoxy groups -OCH3 is 1. The molecule has 0 unspecified atom stereocenters. The van der Waals surface area contributed by atoms with Gasteiger partial charge in [-0.15, -0.1) is 0 Å². The summed E-state index contributed by atoms with van der Waals surface area (Å²) in [7, 11) is 1.55. The number of Topliss-reactive ketones (excluding diaryl/α,β-unsaturated/α-hetero) is 1. The topological polar surface area (TPSA) is 65.5 Å². The Morgan fingerprint density at radius 3 is 2.88 bits per heavy atom. The third kappa shape index (κ3) is 2.47. The number of nitrogens with two attached hydrogens (primary N) is 1. The summed E-state index contributed by atoms with van der Waals surface area (Å²) in [6, 6.07) is 8.53. The minimum atomic E-state index is -0.0867. The highest BCUT2D eigenvalue weighted by Crippen LogP contribution is 2.21. The monoisotopic (exact) mass is 231 g/mol. The Morgan fingerprint density at radius 2 is 2.24 bits per heavy atom. The van der Waals surface area contributed by atoms with E-state index in [-0.39, 0.29) is 12.2 Å². The molecule has 1 heterocycles. The van der Waals surface area contributed by atoms with Crippen LogP contribution in [0.1, 0.15) is 16.1 Å². The molecule has 2 aromatic rings. The second kappa shape index (κ2) is 4.74. The second-order valence-corrected chi connectivity index (χ2v) is 3.63. The van der Waals surface area contributed by atoms with Gasteiger partial charge in [-0.25, -0.2) is 0 Å². The number of hydrogen-bond donors (Lipinski definition) is 1. The van der Waals surface area contributed by atoms with E-state index in [1.807, 2.05) is 0 Å². The summed E-state index contributed by atoms with van der Waals surface area (Å²) in [6.07, 6.45) is 1.74. The second-order valence-electron chi connectivity index (χ2n) is 3.63. The lowest BCUT2D eigenvalue weighted by atomic mass is 10.0. The SMILES string of the molecule is COc1ccc(N)c(C(=O)Cc2ccco2)c1. The van der Waals surface area contributed by atoms with Crippen LogP contribution < -0.4 is 10.5 Å². The zero-order chi connectivity index (χ0) is 12.3. The van der Waals surface area contributed by atoms with Gasteiger partial charge in [-0.05, 0) is 30.3 Å². The van der Waals surface area contributed by atoms with Crippen molar-refractivity contribution in [3.8, 4) is 5.75 Å². The minimum Gasteiger partial charge on any atom is -0.497 e. The van der Waals surface area contributed by atoms with Gasteiger partial charge in [-0.2, -0.15) is 0 Å². The molecule has 2 rings (SSSR count). The van der Waals surface area contributed by atoms with E-state index in [1.54, 1.807) is 37.4 Å². The van der Waals surface area contributed by atoms with Gasteiger partial charge in [0, 0.05) is 11.3 Å². The molecule has 0 aliphatic carbocycles. The number of ketones is 1.